The molecule has 8 nitrogen and oxygen atoms in total. The molecule has 172 valence electrons. The van der Waals surface area contributed by atoms with Gasteiger partial charge in [0.05, 0.1) is 6.54 Å². The van der Waals surface area contributed by atoms with Gasteiger partial charge in [0.25, 0.3) is 0 Å². The van der Waals surface area contributed by atoms with E-state index in [0.717, 1.165) is 57.1 Å². The van der Waals surface area contributed by atoms with Crippen LogP contribution in [0.25, 0.3) is 0 Å². The zero-order valence-corrected chi connectivity index (χ0v) is 21.4. The van der Waals surface area contributed by atoms with Gasteiger partial charge in [-0.25, -0.2) is 0 Å². The number of hydrogen-bond donors (Lipinski definition) is 2. The van der Waals surface area contributed by atoms with Crippen LogP contribution in [0.15, 0.2) is 9.52 Å². The fourth-order valence-corrected chi connectivity index (χ4v) is 3.52. The second kappa shape index (κ2) is 13.8. The van der Waals surface area contributed by atoms with E-state index in [1.807, 2.05) is 18.7 Å². The Hall–Kier alpha value is -1.39. The van der Waals surface area contributed by atoms with Crippen LogP contribution in [-0.2, 0) is 11.2 Å². The molecule has 30 heavy (non-hydrogen) atoms. The molecule has 0 bridgehead atoms. The summed E-state index contributed by atoms with van der Waals surface area (Å²) in [5.41, 5.74) is 0. The van der Waals surface area contributed by atoms with Crippen molar-refractivity contribution in [1.82, 2.24) is 25.7 Å². The van der Waals surface area contributed by atoms with Crippen molar-refractivity contribution < 1.29 is 9.32 Å². The minimum Gasteiger partial charge on any atom is -0.357 e. The number of nitrogens with zero attached hydrogens (tertiary/aromatic N) is 4. The van der Waals surface area contributed by atoms with E-state index in [1.165, 1.54) is 0 Å². The minimum absolute atomic E-state index is 0. The van der Waals surface area contributed by atoms with E-state index in [4.69, 9.17) is 4.52 Å². The van der Waals surface area contributed by atoms with Gasteiger partial charge in [0.2, 0.25) is 11.8 Å². The molecule has 1 aromatic rings. The molecule has 1 aromatic heterocycles. The first kappa shape index (κ1) is 26.6. The first-order valence-electron chi connectivity index (χ1n) is 11.1. The van der Waals surface area contributed by atoms with Crippen molar-refractivity contribution in [2.45, 2.75) is 78.7 Å². The van der Waals surface area contributed by atoms with Gasteiger partial charge in [0.15, 0.2) is 11.8 Å². The first-order valence-corrected chi connectivity index (χ1v) is 11.1. The van der Waals surface area contributed by atoms with Gasteiger partial charge in [-0.15, -0.1) is 24.0 Å². The van der Waals surface area contributed by atoms with Gasteiger partial charge in [-0.05, 0) is 32.6 Å². The summed E-state index contributed by atoms with van der Waals surface area (Å²) in [5, 5.41) is 10.8. The van der Waals surface area contributed by atoms with Crippen molar-refractivity contribution in [3.8, 4) is 0 Å². The zero-order valence-electron chi connectivity index (χ0n) is 19.1. The normalized spacial score (nSPS) is 15.4. The summed E-state index contributed by atoms with van der Waals surface area (Å²) in [4.78, 5) is 23.6. The van der Waals surface area contributed by atoms with E-state index >= 15 is 0 Å². The van der Waals surface area contributed by atoms with Gasteiger partial charge < -0.3 is 20.1 Å². The maximum Gasteiger partial charge on any atom is 0.228 e. The SMILES string of the molecule is CCNC(=NCCc1nc(C(C)C)no1)NC1CCN(C(=O)C(CC)CC)CC1.I. The monoisotopic (exact) mass is 534 g/mol. The third kappa shape index (κ3) is 8.03. The maximum absolute atomic E-state index is 12.6. The molecular formula is C21H39IN6O2. The second-order valence-electron chi connectivity index (χ2n) is 7.97. The van der Waals surface area contributed by atoms with Gasteiger partial charge >= 0.3 is 0 Å². The molecule has 0 aliphatic carbocycles. The number of halogens is 1. The lowest BCUT2D eigenvalue weighted by atomic mass is 9.98. The van der Waals surface area contributed by atoms with Crippen molar-refractivity contribution >= 4 is 35.8 Å². The Bertz CT molecular complexity index is 652. The highest BCUT2D eigenvalue weighted by Crippen LogP contribution is 2.17. The van der Waals surface area contributed by atoms with Crippen LogP contribution in [-0.4, -0.2) is 59.1 Å². The van der Waals surface area contributed by atoms with E-state index in [-0.39, 0.29) is 35.8 Å². The number of hydrogen-bond acceptors (Lipinski definition) is 5. The number of rotatable bonds is 9. The van der Waals surface area contributed by atoms with Crippen LogP contribution in [0.5, 0.6) is 0 Å². The van der Waals surface area contributed by atoms with Crippen LogP contribution in [0.1, 0.15) is 77.9 Å². The average Bonchev–Trinajstić information content (AvgIpc) is 3.19. The number of nitrogens with one attached hydrogen (secondary N) is 2. The van der Waals surface area contributed by atoms with Crippen LogP contribution in [0.3, 0.4) is 0 Å². The third-order valence-corrected chi connectivity index (χ3v) is 5.42. The number of amides is 1. The zero-order chi connectivity index (χ0) is 21.2. The quantitative estimate of drug-likeness (QED) is 0.287. The lowest BCUT2D eigenvalue weighted by Crippen LogP contribution is -2.50. The maximum atomic E-state index is 12.6. The number of guanidine groups is 1. The van der Waals surface area contributed by atoms with E-state index in [0.29, 0.717) is 30.8 Å². The summed E-state index contributed by atoms with van der Waals surface area (Å²) in [6.45, 7) is 13.3. The summed E-state index contributed by atoms with van der Waals surface area (Å²) >= 11 is 0. The highest BCUT2D eigenvalue weighted by Gasteiger charge is 2.26. The van der Waals surface area contributed by atoms with Crippen molar-refractivity contribution in [1.29, 1.82) is 0 Å². The fraction of sp³-hybridized carbons (Fsp3) is 0.810. The van der Waals surface area contributed by atoms with Crippen molar-refractivity contribution in [3.63, 3.8) is 0 Å². The smallest absolute Gasteiger partial charge is 0.228 e. The topological polar surface area (TPSA) is 95.7 Å². The Morgan fingerprint density at radius 1 is 1.23 bits per heavy atom. The van der Waals surface area contributed by atoms with Crippen LogP contribution >= 0.6 is 24.0 Å². The van der Waals surface area contributed by atoms with Gasteiger partial charge in [0, 0.05) is 43.9 Å². The molecule has 0 spiro atoms. The molecule has 0 radical (unpaired) electrons. The Morgan fingerprint density at radius 2 is 1.90 bits per heavy atom. The van der Waals surface area contributed by atoms with E-state index in [9.17, 15) is 4.79 Å². The molecule has 0 atom stereocenters. The second-order valence-corrected chi connectivity index (χ2v) is 7.97. The van der Waals surface area contributed by atoms with E-state index < -0.39 is 0 Å². The van der Waals surface area contributed by atoms with Crippen LogP contribution in [0.4, 0.5) is 0 Å². The minimum atomic E-state index is 0. The molecule has 2 rings (SSSR count). The van der Waals surface area contributed by atoms with Gasteiger partial charge in [-0.2, -0.15) is 4.98 Å². The van der Waals surface area contributed by atoms with Gasteiger partial charge in [-0.1, -0.05) is 32.9 Å². The number of piperidine rings is 1. The molecular weight excluding hydrogens is 495 g/mol. The average molecular weight is 534 g/mol. The molecule has 1 fully saturated rings. The van der Waals surface area contributed by atoms with Crippen molar-refractivity contribution in [2.24, 2.45) is 10.9 Å². The van der Waals surface area contributed by atoms with Crippen LogP contribution < -0.4 is 10.6 Å². The summed E-state index contributed by atoms with van der Waals surface area (Å²) in [6.07, 6.45) is 4.35. The summed E-state index contributed by atoms with van der Waals surface area (Å²) in [5.74, 6) is 2.91. The molecule has 0 unspecified atom stereocenters. The Morgan fingerprint density at radius 3 is 2.43 bits per heavy atom. The highest BCUT2D eigenvalue weighted by molar-refractivity contribution is 14.0. The molecule has 1 saturated heterocycles. The van der Waals surface area contributed by atoms with E-state index in [2.05, 4.69) is 46.5 Å². The number of carbonyl (C=O) groups is 1. The van der Waals surface area contributed by atoms with E-state index in [1.54, 1.807) is 0 Å². The summed E-state index contributed by atoms with van der Waals surface area (Å²) < 4.78 is 5.28. The molecule has 2 N–H and O–H groups in total. The Kier molecular flexibility index (Phi) is 12.3. The molecule has 9 heteroatoms. The number of likely N-dealkylation sites (tertiary alicyclic amines) is 1. The Balaban J connectivity index is 0.00000450. The van der Waals surface area contributed by atoms with Gasteiger partial charge in [0.1, 0.15) is 0 Å². The largest absolute Gasteiger partial charge is 0.357 e. The fourth-order valence-electron chi connectivity index (χ4n) is 3.52. The molecule has 1 amide bonds. The summed E-state index contributed by atoms with van der Waals surface area (Å²) in [6, 6.07) is 0.328. The standard InChI is InChI=1S/C21H38N6O2.HI/c1-6-16(7-2)20(28)27-13-10-17(11-14-27)24-21(22-8-3)23-12-9-18-25-19(15(4)5)26-29-18;/h15-17H,6-14H2,1-5H3,(H2,22,23,24);1H. The Labute approximate surface area is 198 Å². The molecule has 0 saturated carbocycles. The predicted molar refractivity (Wildman–Crippen MR) is 130 cm³/mol. The lowest BCUT2D eigenvalue weighted by molar-refractivity contribution is -0.136. The number of aromatic nitrogens is 2. The third-order valence-electron chi connectivity index (χ3n) is 5.42. The lowest BCUT2D eigenvalue weighted by Gasteiger charge is -2.34. The molecule has 2 heterocycles. The van der Waals surface area contributed by atoms with Crippen molar-refractivity contribution in [2.75, 3.05) is 26.2 Å². The molecule has 1 aliphatic heterocycles. The van der Waals surface area contributed by atoms with Crippen LogP contribution in [0.2, 0.25) is 0 Å². The number of carbonyl (C=O) groups excluding carboxylic acids is 1. The summed E-state index contributed by atoms with van der Waals surface area (Å²) in [7, 11) is 0. The first-order chi connectivity index (χ1) is 14.0. The highest BCUT2D eigenvalue weighted by atomic mass is 127. The molecule has 1 aliphatic rings. The van der Waals surface area contributed by atoms with Crippen molar-refractivity contribution in [3.05, 3.63) is 11.7 Å². The predicted octanol–water partition coefficient (Wildman–Crippen LogP) is 3.34. The number of aliphatic imine (C=N–C) groups is 1. The van der Waals surface area contributed by atoms with Gasteiger partial charge in [-0.3, -0.25) is 9.79 Å². The molecule has 0 aromatic carbocycles. The van der Waals surface area contributed by atoms with Crippen LogP contribution in [0, 0.1) is 5.92 Å².